The molecule has 0 aromatic rings. The van der Waals surface area contributed by atoms with E-state index in [1.54, 1.807) is 0 Å². The molecule has 0 aromatic heterocycles. The summed E-state index contributed by atoms with van der Waals surface area (Å²) in [6, 6.07) is 0. The van der Waals surface area contributed by atoms with Crippen LogP contribution in [0.3, 0.4) is 0 Å². The molecule has 0 spiro atoms. The molecule has 0 nitrogen and oxygen atoms in total. The lowest BCUT2D eigenvalue weighted by molar-refractivity contribution is 0.261. The number of hydrogen-bond acceptors (Lipinski definition) is 0. The molecule has 2 aliphatic carbocycles. The van der Waals surface area contributed by atoms with Gasteiger partial charge in [-0.1, -0.05) is 63.7 Å². The van der Waals surface area contributed by atoms with Crippen LogP contribution >= 0.6 is 0 Å². The normalized spacial score (nSPS) is 32.2. The fourth-order valence-electron chi connectivity index (χ4n) is 4.85. The zero-order valence-corrected chi connectivity index (χ0v) is 15.6. The van der Waals surface area contributed by atoms with Gasteiger partial charge in [-0.25, -0.2) is 0 Å². The lowest BCUT2D eigenvalue weighted by Crippen LogP contribution is -2.14. The van der Waals surface area contributed by atoms with E-state index in [-0.39, 0.29) is 0 Å². The molecule has 0 radical (unpaired) electrons. The second-order valence-electron chi connectivity index (χ2n) is 8.37. The van der Waals surface area contributed by atoms with Gasteiger partial charge in [0.1, 0.15) is 0 Å². The summed E-state index contributed by atoms with van der Waals surface area (Å²) in [5, 5.41) is 0. The fraction of sp³-hybridized carbons (Fsp3) is 0.826. The van der Waals surface area contributed by atoms with Crippen molar-refractivity contribution in [3.63, 3.8) is 0 Å². The zero-order chi connectivity index (χ0) is 16.3. The van der Waals surface area contributed by atoms with Gasteiger partial charge in [-0.2, -0.15) is 0 Å². The van der Waals surface area contributed by atoms with Gasteiger partial charge in [0.2, 0.25) is 0 Å². The Balaban J connectivity index is 1.53. The SMILES string of the molecule is C=CCCC1CCC(CC=CCC2CCC(CCC)CC2)CC1. The van der Waals surface area contributed by atoms with Crippen molar-refractivity contribution in [2.75, 3.05) is 0 Å². The minimum absolute atomic E-state index is 0.978. The molecule has 0 amide bonds. The fourth-order valence-corrected chi connectivity index (χ4v) is 4.85. The van der Waals surface area contributed by atoms with Gasteiger partial charge in [0.15, 0.2) is 0 Å². The molecule has 0 aromatic carbocycles. The Morgan fingerprint density at radius 1 is 0.696 bits per heavy atom. The molecule has 0 aliphatic heterocycles. The highest BCUT2D eigenvalue weighted by atomic mass is 14.3. The first kappa shape index (κ1) is 18.8. The Labute approximate surface area is 145 Å². The molecule has 2 rings (SSSR count). The highest BCUT2D eigenvalue weighted by Crippen LogP contribution is 2.35. The molecule has 2 saturated carbocycles. The second-order valence-corrected chi connectivity index (χ2v) is 8.37. The first-order valence-electron chi connectivity index (χ1n) is 10.6. The lowest BCUT2D eigenvalue weighted by Gasteiger charge is -2.28. The van der Waals surface area contributed by atoms with Crippen molar-refractivity contribution in [1.82, 2.24) is 0 Å². The van der Waals surface area contributed by atoms with E-state index in [2.05, 4.69) is 31.7 Å². The van der Waals surface area contributed by atoms with Crippen LogP contribution in [0.15, 0.2) is 24.8 Å². The van der Waals surface area contributed by atoms with Gasteiger partial charge < -0.3 is 0 Å². The summed E-state index contributed by atoms with van der Waals surface area (Å²) in [6.07, 6.45) is 27.1. The Morgan fingerprint density at radius 3 is 1.57 bits per heavy atom. The standard InChI is InChI=1S/C23H40/c1-3-5-9-21-16-18-23(19-17-21)11-7-6-10-22-14-12-20(8-4-2)13-15-22/h3,6-7,20-23H,1,4-5,8-19H2,2H3. The van der Waals surface area contributed by atoms with E-state index in [1.807, 2.05) is 0 Å². The van der Waals surface area contributed by atoms with Crippen molar-refractivity contribution in [1.29, 1.82) is 0 Å². The van der Waals surface area contributed by atoms with Crippen molar-refractivity contribution < 1.29 is 0 Å². The van der Waals surface area contributed by atoms with Crippen molar-refractivity contribution >= 4 is 0 Å². The van der Waals surface area contributed by atoms with Gasteiger partial charge >= 0.3 is 0 Å². The number of hydrogen-bond donors (Lipinski definition) is 0. The minimum atomic E-state index is 0.978. The van der Waals surface area contributed by atoms with Gasteiger partial charge in [0.05, 0.1) is 0 Å². The third-order valence-electron chi connectivity index (χ3n) is 6.51. The van der Waals surface area contributed by atoms with E-state index in [4.69, 9.17) is 0 Å². The van der Waals surface area contributed by atoms with E-state index in [0.717, 1.165) is 23.7 Å². The molecule has 2 aliphatic rings. The van der Waals surface area contributed by atoms with Gasteiger partial charge in [-0.15, -0.1) is 6.58 Å². The van der Waals surface area contributed by atoms with Crippen LogP contribution in [0.1, 0.15) is 96.8 Å². The molecule has 0 saturated heterocycles. The van der Waals surface area contributed by atoms with Crippen molar-refractivity contribution in [2.45, 2.75) is 96.8 Å². The maximum absolute atomic E-state index is 3.85. The summed E-state index contributed by atoms with van der Waals surface area (Å²) in [6.45, 7) is 6.19. The van der Waals surface area contributed by atoms with E-state index in [1.165, 1.54) is 89.9 Å². The van der Waals surface area contributed by atoms with E-state index >= 15 is 0 Å². The Hall–Kier alpha value is -0.520. The molecular formula is C23H40. The molecule has 132 valence electrons. The van der Waals surface area contributed by atoms with Gasteiger partial charge in [-0.05, 0) is 75.0 Å². The van der Waals surface area contributed by atoms with Crippen LogP contribution in [-0.2, 0) is 0 Å². The average Bonchev–Trinajstić information content (AvgIpc) is 2.59. The van der Waals surface area contributed by atoms with Gasteiger partial charge in [0, 0.05) is 0 Å². The van der Waals surface area contributed by atoms with Crippen LogP contribution in [0.25, 0.3) is 0 Å². The second kappa shape index (κ2) is 11.1. The van der Waals surface area contributed by atoms with Gasteiger partial charge in [-0.3, -0.25) is 0 Å². The monoisotopic (exact) mass is 316 g/mol. The topological polar surface area (TPSA) is 0 Å². The molecule has 0 bridgehead atoms. The Morgan fingerprint density at radius 2 is 1.13 bits per heavy atom. The Bertz CT molecular complexity index is 324. The molecule has 23 heavy (non-hydrogen) atoms. The van der Waals surface area contributed by atoms with Crippen LogP contribution in [0.4, 0.5) is 0 Å². The smallest absolute Gasteiger partial charge is 0.0322 e. The highest BCUT2D eigenvalue weighted by Gasteiger charge is 2.21. The molecule has 0 heteroatoms. The van der Waals surface area contributed by atoms with Crippen LogP contribution < -0.4 is 0 Å². The van der Waals surface area contributed by atoms with E-state index in [0.29, 0.717) is 0 Å². The molecular weight excluding hydrogens is 276 g/mol. The Kier molecular flexibility index (Phi) is 9.09. The summed E-state index contributed by atoms with van der Waals surface area (Å²) in [5.41, 5.74) is 0. The van der Waals surface area contributed by atoms with Crippen LogP contribution in [0.5, 0.6) is 0 Å². The predicted octanol–water partition coefficient (Wildman–Crippen LogP) is 7.70. The summed E-state index contributed by atoms with van der Waals surface area (Å²) >= 11 is 0. The quantitative estimate of drug-likeness (QED) is 0.382. The molecule has 0 N–H and O–H groups in total. The van der Waals surface area contributed by atoms with Crippen LogP contribution in [0, 0.1) is 23.7 Å². The first-order chi connectivity index (χ1) is 11.3. The molecule has 0 heterocycles. The van der Waals surface area contributed by atoms with Crippen molar-refractivity contribution in [2.24, 2.45) is 23.7 Å². The highest BCUT2D eigenvalue weighted by molar-refractivity contribution is 4.89. The van der Waals surface area contributed by atoms with Crippen LogP contribution in [-0.4, -0.2) is 0 Å². The van der Waals surface area contributed by atoms with E-state index in [9.17, 15) is 0 Å². The average molecular weight is 317 g/mol. The number of allylic oxidation sites excluding steroid dienone is 3. The predicted molar refractivity (Wildman–Crippen MR) is 104 cm³/mol. The summed E-state index contributed by atoms with van der Waals surface area (Å²) < 4.78 is 0. The third kappa shape index (κ3) is 7.27. The zero-order valence-electron chi connectivity index (χ0n) is 15.6. The molecule has 2 fully saturated rings. The largest absolute Gasteiger partial charge is 0.103 e. The molecule has 0 atom stereocenters. The minimum Gasteiger partial charge on any atom is -0.103 e. The van der Waals surface area contributed by atoms with Crippen molar-refractivity contribution in [3.8, 4) is 0 Å². The third-order valence-corrected chi connectivity index (χ3v) is 6.51. The number of rotatable bonds is 9. The van der Waals surface area contributed by atoms with E-state index < -0.39 is 0 Å². The van der Waals surface area contributed by atoms with Gasteiger partial charge in [0.25, 0.3) is 0 Å². The maximum atomic E-state index is 3.85. The summed E-state index contributed by atoms with van der Waals surface area (Å²) in [7, 11) is 0. The molecule has 0 unspecified atom stereocenters. The first-order valence-corrected chi connectivity index (χ1v) is 10.6. The summed E-state index contributed by atoms with van der Waals surface area (Å²) in [5.74, 6) is 4.02. The summed E-state index contributed by atoms with van der Waals surface area (Å²) in [4.78, 5) is 0. The lowest BCUT2D eigenvalue weighted by atomic mass is 9.78. The van der Waals surface area contributed by atoms with Crippen molar-refractivity contribution in [3.05, 3.63) is 24.8 Å². The van der Waals surface area contributed by atoms with Crippen LogP contribution in [0.2, 0.25) is 0 Å². The maximum Gasteiger partial charge on any atom is -0.0322 e.